The molecule has 2 aliphatic carbocycles. The van der Waals surface area contributed by atoms with Gasteiger partial charge in [0.25, 0.3) is 0 Å². The van der Waals surface area contributed by atoms with E-state index < -0.39 is 0 Å². The fraction of sp³-hybridized carbons (Fsp3) is 0.0909. The lowest BCUT2D eigenvalue weighted by Crippen LogP contribution is -2.26. The summed E-state index contributed by atoms with van der Waals surface area (Å²) in [4.78, 5) is 0. The Labute approximate surface area is 203 Å². The first-order chi connectivity index (χ1) is 16.8. The molecule has 6 aromatic rings. The molecule has 160 valence electrons. The van der Waals surface area contributed by atoms with Crippen LogP contribution in [0.4, 0.5) is 0 Å². The van der Waals surface area contributed by atoms with Crippen molar-refractivity contribution in [3.8, 4) is 22.3 Å². The maximum absolute atomic E-state index is 2.48. The summed E-state index contributed by atoms with van der Waals surface area (Å²) in [5.41, 5.74) is 12.4. The molecular formula is C33H22S. The number of hydrogen-bond donors (Lipinski definition) is 0. The van der Waals surface area contributed by atoms with Gasteiger partial charge in [0.05, 0.1) is 5.41 Å². The molecule has 2 aliphatic rings. The molecule has 5 aromatic carbocycles. The van der Waals surface area contributed by atoms with E-state index in [1.807, 2.05) is 11.3 Å². The fourth-order valence-electron chi connectivity index (χ4n) is 6.71. The summed E-state index contributed by atoms with van der Waals surface area (Å²) in [7, 11) is 0. The van der Waals surface area contributed by atoms with Crippen molar-refractivity contribution in [3.63, 3.8) is 0 Å². The van der Waals surface area contributed by atoms with Gasteiger partial charge in [-0.05, 0) is 68.6 Å². The van der Waals surface area contributed by atoms with E-state index in [1.54, 1.807) is 0 Å². The van der Waals surface area contributed by atoms with Crippen LogP contribution in [0, 0.1) is 0 Å². The molecule has 1 heterocycles. The normalized spacial score (nSPS) is 17.2. The van der Waals surface area contributed by atoms with Crippen LogP contribution in [-0.2, 0) is 11.8 Å². The van der Waals surface area contributed by atoms with Gasteiger partial charge in [0.1, 0.15) is 0 Å². The molecule has 0 N–H and O–H groups in total. The Morgan fingerprint density at radius 3 is 2.15 bits per heavy atom. The van der Waals surface area contributed by atoms with E-state index in [2.05, 4.69) is 110 Å². The first-order valence-electron chi connectivity index (χ1n) is 12.1. The van der Waals surface area contributed by atoms with Crippen LogP contribution in [0.1, 0.15) is 34.7 Å². The molecule has 0 nitrogen and oxygen atoms in total. The van der Waals surface area contributed by atoms with Gasteiger partial charge in [-0.3, -0.25) is 0 Å². The maximum Gasteiger partial charge on any atom is 0.0725 e. The molecule has 0 radical (unpaired) electrons. The van der Waals surface area contributed by atoms with E-state index in [-0.39, 0.29) is 5.41 Å². The standard InChI is InChI=1S/C33H22S/c1-2-20-15-16-22-21-9-3-6-12-25(21)33(28(22)19-20)26-13-7-4-10-23(26)31-27(33)17-18-30-32(31)24-11-5-8-14-29(24)34-30/h3-19H,2H2,1H3. The van der Waals surface area contributed by atoms with Crippen molar-refractivity contribution in [2.45, 2.75) is 18.8 Å². The van der Waals surface area contributed by atoms with Crippen LogP contribution in [0.5, 0.6) is 0 Å². The SMILES string of the molecule is CCc1ccc2c(c1)C1(c3ccccc3-2)c2ccccc2-c2c1ccc1sc3ccccc3c21. The van der Waals surface area contributed by atoms with Gasteiger partial charge in [0.15, 0.2) is 0 Å². The van der Waals surface area contributed by atoms with Crippen LogP contribution in [0.15, 0.2) is 103 Å². The summed E-state index contributed by atoms with van der Waals surface area (Å²) in [6, 6.07) is 39.1. The summed E-state index contributed by atoms with van der Waals surface area (Å²) in [5.74, 6) is 0. The van der Waals surface area contributed by atoms with Crippen LogP contribution in [-0.4, -0.2) is 0 Å². The molecule has 1 aromatic heterocycles. The number of hydrogen-bond acceptors (Lipinski definition) is 1. The lowest BCUT2D eigenvalue weighted by molar-refractivity contribution is 0.792. The van der Waals surface area contributed by atoms with Crippen LogP contribution >= 0.6 is 11.3 Å². The maximum atomic E-state index is 2.48. The first-order valence-corrected chi connectivity index (χ1v) is 12.9. The monoisotopic (exact) mass is 450 g/mol. The van der Waals surface area contributed by atoms with E-state index in [4.69, 9.17) is 0 Å². The highest BCUT2D eigenvalue weighted by Crippen LogP contribution is 2.64. The van der Waals surface area contributed by atoms with Crippen LogP contribution in [0.3, 0.4) is 0 Å². The molecule has 8 rings (SSSR count). The van der Waals surface area contributed by atoms with Crippen LogP contribution in [0.2, 0.25) is 0 Å². The number of rotatable bonds is 1. The Hall–Kier alpha value is -3.68. The zero-order valence-electron chi connectivity index (χ0n) is 18.9. The third-order valence-corrected chi connectivity index (χ3v) is 9.20. The highest BCUT2D eigenvalue weighted by atomic mass is 32.1. The minimum Gasteiger partial charge on any atom is -0.135 e. The van der Waals surface area contributed by atoms with Crippen LogP contribution < -0.4 is 0 Å². The van der Waals surface area contributed by atoms with Crippen molar-refractivity contribution in [1.82, 2.24) is 0 Å². The summed E-state index contributed by atoms with van der Waals surface area (Å²) in [5, 5.41) is 2.79. The van der Waals surface area contributed by atoms with Gasteiger partial charge in [0, 0.05) is 20.2 Å². The van der Waals surface area contributed by atoms with Crippen LogP contribution in [0.25, 0.3) is 42.4 Å². The molecule has 1 spiro atoms. The lowest BCUT2D eigenvalue weighted by Gasteiger charge is -2.30. The summed E-state index contributed by atoms with van der Waals surface area (Å²) in [6.07, 6.45) is 1.04. The predicted molar refractivity (Wildman–Crippen MR) is 145 cm³/mol. The summed E-state index contributed by atoms with van der Waals surface area (Å²) >= 11 is 1.91. The molecular weight excluding hydrogens is 428 g/mol. The second-order valence-electron chi connectivity index (χ2n) is 9.53. The van der Waals surface area contributed by atoms with Gasteiger partial charge in [-0.1, -0.05) is 97.9 Å². The average molecular weight is 451 g/mol. The molecule has 0 bridgehead atoms. The fourth-order valence-corrected chi connectivity index (χ4v) is 7.82. The number of benzene rings is 5. The Balaban J connectivity index is 1.63. The zero-order valence-corrected chi connectivity index (χ0v) is 19.7. The number of fused-ring (bicyclic) bond motifs is 14. The summed E-state index contributed by atoms with van der Waals surface area (Å²) in [6.45, 7) is 2.26. The molecule has 0 fully saturated rings. The third kappa shape index (κ3) is 2.06. The molecule has 1 unspecified atom stereocenters. The van der Waals surface area contributed by atoms with Gasteiger partial charge in [-0.25, -0.2) is 0 Å². The smallest absolute Gasteiger partial charge is 0.0725 e. The molecule has 0 amide bonds. The van der Waals surface area contributed by atoms with E-state index in [0.29, 0.717) is 0 Å². The topological polar surface area (TPSA) is 0 Å². The molecule has 0 aliphatic heterocycles. The van der Waals surface area contributed by atoms with Gasteiger partial charge in [-0.2, -0.15) is 0 Å². The lowest BCUT2D eigenvalue weighted by atomic mass is 9.70. The minimum absolute atomic E-state index is 0.264. The van der Waals surface area contributed by atoms with Crippen molar-refractivity contribution in [2.75, 3.05) is 0 Å². The Kier molecular flexibility index (Phi) is 3.56. The zero-order chi connectivity index (χ0) is 22.4. The van der Waals surface area contributed by atoms with Crippen molar-refractivity contribution in [3.05, 3.63) is 131 Å². The number of thiophene rings is 1. The predicted octanol–water partition coefficient (Wildman–Crippen LogP) is 8.96. The van der Waals surface area contributed by atoms with Gasteiger partial charge < -0.3 is 0 Å². The molecule has 1 heteroatoms. The van der Waals surface area contributed by atoms with Crippen molar-refractivity contribution < 1.29 is 0 Å². The van der Waals surface area contributed by atoms with Crippen molar-refractivity contribution in [1.29, 1.82) is 0 Å². The molecule has 1 atom stereocenters. The minimum atomic E-state index is -0.264. The summed E-state index contributed by atoms with van der Waals surface area (Å²) < 4.78 is 2.74. The Morgan fingerprint density at radius 1 is 0.588 bits per heavy atom. The van der Waals surface area contributed by atoms with Gasteiger partial charge >= 0.3 is 0 Å². The van der Waals surface area contributed by atoms with Crippen molar-refractivity contribution in [2.24, 2.45) is 0 Å². The van der Waals surface area contributed by atoms with Crippen molar-refractivity contribution >= 4 is 31.5 Å². The number of aryl methyl sites for hydroxylation is 1. The highest BCUT2D eigenvalue weighted by Gasteiger charge is 2.52. The Morgan fingerprint density at radius 2 is 1.29 bits per heavy atom. The second-order valence-corrected chi connectivity index (χ2v) is 10.6. The third-order valence-electron chi connectivity index (χ3n) is 8.07. The molecule has 34 heavy (non-hydrogen) atoms. The molecule has 0 saturated carbocycles. The second kappa shape index (κ2) is 6.46. The Bertz CT molecular complexity index is 1800. The van der Waals surface area contributed by atoms with E-state index >= 15 is 0 Å². The first kappa shape index (κ1) is 18.7. The quantitative estimate of drug-likeness (QED) is 0.234. The van der Waals surface area contributed by atoms with Gasteiger partial charge in [0.2, 0.25) is 0 Å². The largest absolute Gasteiger partial charge is 0.135 e. The van der Waals surface area contributed by atoms with E-state index in [0.717, 1.165) is 6.42 Å². The van der Waals surface area contributed by atoms with E-state index in [9.17, 15) is 0 Å². The van der Waals surface area contributed by atoms with E-state index in [1.165, 1.54) is 70.2 Å². The highest BCUT2D eigenvalue weighted by molar-refractivity contribution is 7.26. The molecule has 0 saturated heterocycles. The van der Waals surface area contributed by atoms with Gasteiger partial charge in [-0.15, -0.1) is 11.3 Å². The average Bonchev–Trinajstić information content (AvgIpc) is 3.52.